The van der Waals surface area contributed by atoms with Gasteiger partial charge < -0.3 is 9.64 Å². The third kappa shape index (κ3) is 3.80. The first kappa shape index (κ1) is 16.4. The lowest BCUT2D eigenvalue weighted by molar-refractivity contribution is -0.0746. The van der Waals surface area contributed by atoms with Crippen molar-refractivity contribution in [3.8, 4) is 0 Å². The van der Waals surface area contributed by atoms with Gasteiger partial charge in [0.15, 0.2) is 0 Å². The predicted molar refractivity (Wildman–Crippen MR) is 96.4 cm³/mol. The van der Waals surface area contributed by atoms with Crippen LogP contribution in [-0.2, 0) is 11.3 Å². The Bertz CT molecular complexity index is 678. The van der Waals surface area contributed by atoms with Crippen molar-refractivity contribution >= 4 is 5.95 Å². The van der Waals surface area contributed by atoms with Gasteiger partial charge >= 0.3 is 0 Å². The molecule has 2 aromatic heterocycles. The summed E-state index contributed by atoms with van der Waals surface area (Å²) in [5, 5.41) is 0. The number of pyridine rings is 1. The van der Waals surface area contributed by atoms with Crippen LogP contribution in [0.25, 0.3) is 0 Å². The third-order valence-corrected chi connectivity index (χ3v) is 5.17. The molecule has 2 aliphatic rings. The Kier molecular flexibility index (Phi) is 4.90. The Morgan fingerprint density at radius 3 is 2.64 bits per heavy atom. The van der Waals surface area contributed by atoms with Gasteiger partial charge in [-0.1, -0.05) is 0 Å². The van der Waals surface area contributed by atoms with Crippen LogP contribution in [0.5, 0.6) is 0 Å². The molecule has 0 spiro atoms. The zero-order valence-corrected chi connectivity index (χ0v) is 14.7. The first-order valence-electron chi connectivity index (χ1n) is 9.08. The highest BCUT2D eigenvalue weighted by molar-refractivity contribution is 5.30. The number of nitrogens with zero attached hydrogens (tertiary/aromatic N) is 5. The minimum atomic E-state index is 0.297. The van der Waals surface area contributed by atoms with Crippen molar-refractivity contribution in [2.24, 2.45) is 0 Å². The highest BCUT2D eigenvalue weighted by Crippen LogP contribution is 2.26. The van der Waals surface area contributed by atoms with Crippen LogP contribution < -0.4 is 4.90 Å². The Labute approximate surface area is 148 Å². The van der Waals surface area contributed by atoms with Crippen LogP contribution in [0.1, 0.15) is 24.0 Å². The lowest BCUT2D eigenvalue weighted by Crippen LogP contribution is -2.50. The summed E-state index contributed by atoms with van der Waals surface area (Å²) in [6.45, 7) is 6.71. The van der Waals surface area contributed by atoms with Gasteiger partial charge in [0.05, 0.1) is 12.7 Å². The summed E-state index contributed by atoms with van der Waals surface area (Å²) in [5.74, 6) is 0.838. The number of hydrogen-bond donors (Lipinski definition) is 0. The number of rotatable bonds is 3. The van der Waals surface area contributed by atoms with Gasteiger partial charge in [0, 0.05) is 57.0 Å². The highest BCUT2D eigenvalue weighted by atomic mass is 16.5. The van der Waals surface area contributed by atoms with Crippen LogP contribution in [0, 0.1) is 6.92 Å². The quantitative estimate of drug-likeness (QED) is 0.853. The van der Waals surface area contributed by atoms with Crippen molar-refractivity contribution in [3.05, 3.63) is 48.0 Å². The van der Waals surface area contributed by atoms with E-state index in [9.17, 15) is 0 Å². The number of morpholine rings is 1. The molecule has 132 valence electrons. The maximum absolute atomic E-state index is 6.11. The van der Waals surface area contributed by atoms with Gasteiger partial charge in [0.25, 0.3) is 0 Å². The molecule has 0 aliphatic carbocycles. The van der Waals surface area contributed by atoms with Crippen molar-refractivity contribution < 1.29 is 4.74 Å². The number of ether oxygens (including phenoxy) is 1. The molecule has 2 atom stereocenters. The Morgan fingerprint density at radius 1 is 1.08 bits per heavy atom. The van der Waals surface area contributed by atoms with Crippen molar-refractivity contribution in [1.82, 2.24) is 19.9 Å². The zero-order valence-electron chi connectivity index (χ0n) is 14.7. The number of fused-ring (bicyclic) bond motifs is 1. The van der Waals surface area contributed by atoms with E-state index >= 15 is 0 Å². The van der Waals surface area contributed by atoms with Crippen molar-refractivity contribution in [1.29, 1.82) is 0 Å². The number of anilines is 1. The second-order valence-corrected chi connectivity index (χ2v) is 6.93. The van der Waals surface area contributed by atoms with Crippen LogP contribution in [0.4, 0.5) is 5.95 Å². The summed E-state index contributed by atoms with van der Waals surface area (Å²) in [7, 11) is 0. The largest absolute Gasteiger partial charge is 0.375 e. The average molecular weight is 339 g/mol. The standard InChI is InChI=1S/C19H25N5O/c1-15-12-21-19(22-13-15)23-8-4-17-18(5-9-23)25-11-10-24(17)14-16-2-6-20-7-3-16/h2-3,6-7,12-13,17-18H,4-5,8-11,14H2,1H3. The molecule has 2 aromatic rings. The van der Waals surface area contributed by atoms with E-state index in [-0.39, 0.29) is 0 Å². The Hall–Kier alpha value is -2.05. The fourth-order valence-corrected chi connectivity index (χ4v) is 3.83. The topological polar surface area (TPSA) is 54.4 Å². The van der Waals surface area contributed by atoms with Gasteiger partial charge in [-0.05, 0) is 43.0 Å². The fourth-order valence-electron chi connectivity index (χ4n) is 3.83. The molecular formula is C19H25N5O. The lowest BCUT2D eigenvalue weighted by atomic mass is 10.0. The van der Waals surface area contributed by atoms with Crippen LogP contribution in [0.3, 0.4) is 0 Å². The van der Waals surface area contributed by atoms with Gasteiger partial charge in [0.2, 0.25) is 5.95 Å². The van der Waals surface area contributed by atoms with Gasteiger partial charge in [0.1, 0.15) is 0 Å². The maximum Gasteiger partial charge on any atom is 0.225 e. The molecule has 6 nitrogen and oxygen atoms in total. The molecule has 2 saturated heterocycles. The first-order chi connectivity index (χ1) is 12.3. The molecular weight excluding hydrogens is 314 g/mol. The molecule has 0 amide bonds. The minimum Gasteiger partial charge on any atom is -0.375 e. The molecule has 0 saturated carbocycles. The van der Waals surface area contributed by atoms with Crippen molar-refractivity contribution in [2.75, 3.05) is 31.1 Å². The molecule has 2 aliphatic heterocycles. The van der Waals surface area contributed by atoms with E-state index in [1.54, 1.807) is 0 Å². The Balaban J connectivity index is 1.46. The Morgan fingerprint density at radius 2 is 1.84 bits per heavy atom. The summed E-state index contributed by atoms with van der Waals surface area (Å²) < 4.78 is 6.11. The maximum atomic E-state index is 6.11. The fraction of sp³-hybridized carbons (Fsp3) is 0.526. The summed E-state index contributed by atoms with van der Waals surface area (Å²) in [4.78, 5) is 18.0. The molecule has 4 heterocycles. The molecule has 2 fully saturated rings. The van der Waals surface area contributed by atoms with Gasteiger partial charge in [-0.3, -0.25) is 9.88 Å². The summed E-state index contributed by atoms with van der Waals surface area (Å²) in [6, 6.07) is 4.67. The average Bonchev–Trinajstić information content (AvgIpc) is 2.87. The molecule has 6 heteroatoms. The second-order valence-electron chi connectivity index (χ2n) is 6.93. The van der Waals surface area contributed by atoms with E-state index in [0.717, 1.165) is 57.1 Å². The third-order valence-electron chi connectivity index (χ3n) is 5.17. The molecule has 0 N–H and O–H groups in total. The first-order valence-corrected chi connectivity index (χ1v) is 9.08. The van der Waals surface area contributed by atoms with Gasteiger partial charge in [-0.25, -0.2) is 9.97 Å². The van der Waals surface area contributed by atoms with E-state index in [1.807, 2.05) is 31.7 Å². The molecule has 25 heavy (non-hydrogen) atoms. The number of hydrogen-bond acceptors (Lipinski definition) is 6. The normalized spacial score (nSPS) is 24.6. The van der Waals surface area contributed by atoms with Gasteiger partial charge in [-0.2, -0.15) is 0 Å². The molecule has 2 unspecified atom stereocenters. The van der Waals surface area contributed by atoms with Crippen LogP contribution in [0.2, 0.25) is 0 Å². The van der Waals surface area contributed by atoms with E-state index in [0.29, 0.717) is 12.1 Å². The smallest absolute Gasteiger partial charge is 0.225 e. The van der Waals surface area contributed by atoms with E-state index < -0.39 is 0 Å². The monoisotopic (exact) mass is 339 g/mol. The van der Waals surface area contributed by atoms with E-state index in [1.165, 1.54) is 5.56 Å². The van der Waals surface area contributed by atoms with E-state index in [2.05, 4.69) is 36.9 Å². The summed E-state index contributed by atoms with van der Waals surface area (Å²) in [6.07, 6.45) is 9.93. The van der Waals surface area contributed by atoms with Crippen LogP contribution >= 0.6 is 0 Å². The highest BCUT2D eigenvalue weighted by Gasteiger charge is 2.35. The number of aryl methyl sites for hydroxylation is 1. The number of aromatic nitrogens is 3. The molecule has 0 bridgehead atoms. The van der Waals surface area contributed by atoms with Crippen molar-refractivity contribution in [3.63, 3.8) is 0 Å². The van der Waals surface area contributed by atoms with Gasteiger partial charge in [-0.15, -0.1) is 0 Å². The summed E-state index contributed by atoms with van der Waals surface area (Å²) in [5.41, 5.74) is 2.41. The predicted octanol–water partition coefficient (Wildman–Crippen LogP) is 2.05. The zero-order chi connectivity index (χ0) is 17.1. The molecule has 4 rings (SSSR count). The van der Waals surface area contributed by atoms with E-state index in [4.69, 9.17) is 4.74 Å². The van der Waals surface area contributed by atoms with Crippen LogP contribution in [-0.4, -0.2) is 58.2 Å². The summed E-state index contributed by atoms with van der Waals surface area (Å²) >= 11 is 0. The van der Waals surface area contributed by atoms with Crippen molar-refractivity contribution in [2.45, 2.75) is 38.5 Å². The second kappa shape index (κ2) is 7.45. The minimum absolute atomic E-state index is 0.297. The molecule has 0 aromatic carbocycles. The van der Waals surface area contributed by atoms with Crippen LogP contribution in [0.15, 0.2) is 36.9 Å². The molecule has 0 radical (unpaired) electrons. The SMILES string of the molecule is Cc1cnc(N2CCC3OCCN(Cc4ccncc4)C3CC2)nc1. The lowest BCUT2D eigenvalue weighted by Gasteiger charge is -2.40.